The molecule has 0 radical (unpaired) electrons. The number of hydrogen-bond donors (Lipinski definition) is 1. The van der Waals surface area contributed by atoms with Gasteiger partial charge in [0, 0.05) is 19.1 Å². The van der Waals surface area contributed by atoms with Crippen LogP contribution in [0, 0.1) is 0 Å². The molecule has 1 atom stereocenters. The molecule has 1 aliphatic rings. The number of rotatable bonds is 3. The molecule has 22 heavy (non-hydrogen) atoms. The largest absolute Gasteiger partial charge is 0.327 e. The number of benzene rings is 2. The summed E-state index contributed by atoms with van der Waals surface area (Å²) in [5.41, 5.74) is 7.83. The van der Waals surface area contributed by atoms with Crippen LogP contribution in [-0.4, -0.2) is 31.9 Å². The molecule has 1 saturated heterocycles. The van der Waals surface area contributed by atoms with Gasteiger partial charge in [-0.15, -0.1) is 0 Å². The Balaban J connectivity index is 1.94. The molecule has 0 amide bonds. The van der Waals surface area contributed by atoms with Crippen LogP contribution in [0.25, 0.3) is 11.1 Å². The molecule has 1 heterocycles. The highest BCUT2D eigenvalue weighted by molar-refractivity contribution is 7.89. The summed E-state index contributed by atoms with van der Waals surface area (Å²) < 4.78 is 27.1. The van der Waals surface area contributed by atoms with Crippen LogP contribution < -0.4 is 5.73 Å². The molecule has 4 nitrogen and oxygen atoms in total. The van der Waals surface area contributed by atoms with Crippen molar-refractivity contribution in [2.24, 2.45) is 5.73 Å². The summed E-state index contributed by atoms with van der Waals surface area (Å²) in [5, 5.41) is 0. The first kappa shape index (κ1) is 15.2. The van der Waals surface area contributed by atoms with Gasteiger partial charge in [0.15, 0.2) is 0 Å². The molecule has 3 rings (SSSR count). The number of nitrogens with two attached hydrogens (primary N) is 1. The molecule has 2 N–H and O–H groups in total. The fraction of sp³-hybridized carbons (Fsp3) is 0.294. The summed E-state index contributed by atoms with van der Waals surface area (Å²) >= 11 is 0. The standard InChI is InChI=1S/C17H20N2O2S/c18-16-9-5-11-19(13-16)22(20,21)17-10-4-8-15(12-17)14-6-2-1-3-7-14/h1-4,6-8,10,12,16H,5,9,11,13,18H2. The Morgan fingerprint density at radius 1 is 1.00 bits per heavy atom. The van der Waals surface area contributed by atoms with Gasteiger partial charge in [-0.2, -0.15) is 4.31 Å². The molecule has 1 aliphatic heterocycles. The minimum atomic E-state index is -3.47. The van der Waals surface area contributed by atoms with Crippen LogP contribution in [0.1, 0.15) is 12.8 Å². The lowest BCUT2D eigenvalue weighted by molar-refractivity contribution is 0.316. The van der Waals surface area contributed by atoms with Gasteiger partial charge in [-0.05, 0) is 36.1 Å². The van der Waals surface area contributed by atoms with Crippen LogP contribution in [0.5, 0.6) is 0 Å². The number of piperidine rings is 1. The summed E-state index contributed by atoms with van der Waals surface area (Å²) in [6.45, 7) is 0.948. The van der Waals surface area contributed by atoms with E-state index in [2.05, 4.69) is 0 Å². The molecule has 2 aromatic rings. The normalized spacial score (nSPS) is 20.0. The zero-order valence-corrected chi connectivity index (χ0v) is 13.2. The topological polar surface area (TPSA) is 63.4 Å². The first-order valence-corrected chi connectivity index (χ1v) is 8.92. The van der Waals surface area contributed by atoms with Crippen molar-refractivity contribution in [2.75, 3.05) is 13.1 Å². The molecule has 0 bridgehead atoms. The van der Waals surface area contributed by atoms with Gasteiger partial charge < -0.3 is 5.73 Å². The predicted molar refractivity (Wildman–Crippen MR) is 87.8 cm³/mol. The lowest BCUT2D eigenvalue weighted by atomic mass is 10.1. The van der Waals surface area contributed by atoms with Gasteiger partial charge in [0.2, 0.25) is 10.0 Å². The molecule has 0 aliphatic carbocycles. The maximum Gasteiger partial charge on any atom is 0.243 e. The minimum Gasteiger partial charge on any atom is -0.327 e. The highest BCUT2D eigenvalue weighted by Gasteiger charge is 2.28. The Kier molecular flexibility index (Phi) is 4.29. The summed E-state index contributed by atoms with van der Waals surface area (Å²) in [6.07, 6.45) is 1.70. The Bertz CT molecular complexity index is 744. The molecule has 0 aromatic heterocycles. The van der Waals surface area contributed by atoms with E-state index >= 15 is 0 Å². The predicted octanol–water partition coefficient (Wildman–Crippen LogP) is 2.47. The van der Waals surface area contributed by atoms with Crippen molar-refractivity contribution in [3.63, 3.8) is 0 Å². The third-order valence-corrected chi connectivity index (χ3v) is 5.86. The van der Waals surface area contributed by atoms with E-state index in [0.717, 1.165) is 24.0 Å². The summed E-state index contributed by atoms with van der Waals surface area (Å²) in [5.74, 6) is 0. The van der Waals surface area contributed by atoms with Crippen LogP contribution in [0.3, 0.4) is 0 Å². The van der Waals surface area contributed by atoms with Crippen LogP contribution in [-0.2, 0) is 10.0 Å². The second-order valence-corrected chi connectivity index (χ2v) is 7.60. The molecule has 2 aromatic carbocycles. The van der Waals surface area contributed by atoms with Crippen molar-refractivity contribution in [2.45, 2.75) is 23.8 Å². The smallest absolute Gasteiger partial charge is 0.243 e. The monoisotopic (exact) mass is 316 g/mol. The van der Waals surface area contributed by atoms with Crippen LogP contribution in [0.15, 0.2) is 59.5 Å². The van der Waals surface area contributed by atoms with Crippen molar-refractivity contribution in [3.8, 4) is 11.1 Å². The van der Waals surface area contributed by atoms with Crippen molar-refractivity contribution in [1.82, 2.24) is 4.31 Å². The van der Waals surface area contributed by atoms with Gasteiger partial charge in [0.1, 0.15) is 0 Å². The fourth-order valence-electron chi connectivity index (χ4n) is 2.81. The van der Waals surface area contributed by atoms with E-state index in [1.54, 1.807) is 18.2 Å². The van der Waals surface area contributed by atoms with E-state index in [1.807, 2.05) is 36.4 Å². The molecule has 0 spiro atoms. The average Bonchev–Trinajstić information content (AvgIpc) is 2.56. The summed E-state index contributed by atoms with van der Waals surface area (Å²) in [7, 11) is -3.47. The van der Waals surface area contributed by atoms with Gasteiger partial charge in [0.05, 0.1) is 4.90 Å². The summed E-state index contributed by atoms with van der Waals surface area (Å²) in [4.78, 5) is 0.336. The van der Waals surface area contributed by atoms with E-state index in [1.165, 1.54) is 4.31 Å². The summed E-state index contributed by atoms with van der Waals surface area (Å²) in [6, 6.07) is 16.8. The van der Waals surface area contributed by atoms with Crippen molar-refractivity contribution >= 4 is 10.0 Å². The van der Waals surface area contributed by atoms with Crippen molar-refractivity contribution in [3.05, 3.63) is 54.6 Å². The maximum absolute atomic E-state index is 12.8. The highest BCUT2D eigenvalue weighted by atomic mass is 32.2. The van der Waals surface area contributed by atoms with E-state index in [9.17, 15) is 8.42 Å². The van der Waals surface area contributed by atoms with Crippen molar-refractivity contribution < 1.29 is 8.42 Å². The quantitative estimate of drug-likeness (QED) is 0.946. The Morgan fingerprint density at radius 3 is 2.45 bits per heavy atom. The van der Waals surface area contributed by atoms with Crippen LogP contribution in [0.2, 0.25) is 0 Å². The first-order valence-electron chi connectivity index (χ1n) is 7.48. The molecular formula is C17H20N2O2S. The van der Waals surface area contributed by atoms with E-state index in [0.29, 0.717) is 18.0 Å². The van der Waals surface area contributed by atoms with Crippen LogP contribution >= 0.6 is 0 Å². The number of hydrogen-bond acceptors (Lipinski definition) is 3. The molecular weight excluding hydrogens is 296 g/mol. The zero-order valence-electron chi connectivity index (χ0n) is 12.4. The molecule has 1 fully saturated rings. The third-order valence-electron chi connectivity index (χ3n) is 4.00. The molecule has 5 heteroatoms. The van der Waals surface area contributed by atoms with Gasteiger partial charge in [-0.1, -0.05) is 42.5 Å². The molecule has 1 unspecified atom stereocenters. The highest BCUT2D eigenvalue weighted by Crippen LogP contribution is 2.25. The lowest BCUT2D eigenvalue weighted by Crippen LogP contribution is -2.45. The van der Waals surface area contributed by atoms with E-state index in [4.69, 9.17) is 5.73 Å². The minimum absolute atomic E-state index is 0.0687. The van der Waals surface area contributed by atoms with Crippen molar-refractivity contribution in [1.29, 1.82) is 0 Å². The average molecular weight is 316 g/mol. The van der Waals surface area contributed by atoms with E-state index in [-0.39, 0.29) is 6.04 Å². The fourth-order valence-corrected chi connectivity index (χ4v) is 4.39. The van der Waals surface area contributed by atoms with Gasteiger partial charge in [-0.25, -0.2) is 8.42 Å². The number of nitrogens with zero attached hydrogens (tertiary/aromatic N) is 1. The lowest BCUT2D eigenvalue weighted by Gasteiger charge is -2.30. The van der Waals surface area contributed by atoms with Gasteiger partial charge in [-0.3, -0.25) is 0 Å². The maximum atomic E-state index is 12.8. The van der Waals surface area contributed by atoms with E-state index < -0.39 is 10.0 Å². The second kappa shape index (κ2) is 6.20. The van der Waals surface area contributed by atoms with Crippen LogP contribution in [0.4, 0.5) is 0 Å². The third kappa shape index (κ3) is 3.06. The molecule has 0 saturated carbocycles. The number of sulfonamides is 1. The molecule has 116 valence electrons. The first-order chi connectivity index (χ1) is 10.6. The van der Waals surface area contributed by atoms with Gasteiger partial charge >= 0.3 is 0 Å². The van der Waals surface area contributed by atoms with Gasteiger partial charge in [0.25, 0.3) is 0 Å². The Labute approximate surface area is 131 Å². The zero-order chi connectivity index (χ0) is 15.6. The SMILES string of the molecule is NC1CCCN(S(=O)(=O)c2cccc(-c3ccccc3)c2)C1. The Hall–Kier alpha value is -1.69. The Morgan fingerprint density at radius 2 is 1.73 bits per heavy atom. The second-order valence-electron chi connectivity index (χ2n) is 5.66.